The molecule has 0 aromatic heterocycles. The molecule has 17 heavy (non-hydrogen) atoms. The molecule has 0 N–H and O–H groups in total. The van der Waals surface area contributed by atoms with Crippen molar-refractivity contribution >= 4 is 5.91 Å². The van der Waals surface area contributed by atoms with E-state index in [2.05, 4.69) is 0 Å². The Labute approximate surface area is 103 Å². The topological polar surface area (TPSA) is 38.8 Å². The highest BCUT2D eigenvalue weighted by atomic mass is 16.5. The van der Waals surface area contributed by atoms with Crippen LogP contribution in [0.5, 0.6) is 0 Å². The zero-order valence-corrected chi connectivity index (χ0v) is 10.9. The monoisotopic (exact) mass is 241 g/mol. The highest BCUT2D eigenvalue weighted by Crippen LogP contribution is 2.35. The quantitative estimate of drug-likeness (QED) is 0.728. The molecule has 1 amide bonds. The molecule has 98 valence electrons. The predicted molar refractivity (Wildman–Crippen MR) is 64.7 cm³/mol. The van der Waals surface area contributed by atoms with Crippen LogP contribution in [-0.2, 0) is 14.3 Å². The fourth-order valence-electron chi connectivity index (χ4n) is 2.94. The number of rotatable bonds is 5. The Morgan fingerprint density at radius 1 is 1.47 bits per heavy atom. The number of carbonyl (C=O) groups excluding carboxylic acids is 1. The molecule has 0 saturated carbocycles. The summed E-state index contributed by atoms with van der Waals surface area (Å²) >= 11 is 0. The Balaban J connectivity index is 1.86. The number of carbonyl (C=O) groups is 1. The second-order valence-electron chi connectivity index (χ2n) is 5.13. The third-order valence-corrected chi connectivity index (χ3v) is 3.95. The Hall–Kier alpha value is -0.610. The zero-order valence-electron chi connectivity index (χ0n) is 10.9. The Morgan fingerprint density at radius 3 is 3.00 bits per heavy atom. The molecule has 4 nitrogen and oxygen atoms in total. The van der Waals surface area contributed by atoms with Gasteiger partial charge in [0, 0.05) is 39.1 Å². The molecule has 2 rings (SSSR count). The minimum atomic E-state index is 0.276. The van der Waals surface area contributed by atoms with E-state index in [0.29, 0.717) is 18.3 Å². The fourth-order valence-corrected chi connectivity index (χ4v) is 2.94. The maximum absolute atomic E-state index is 11.8. The Kier molecular flexibility index (Phi) is 4.40. The van der Waals surface area contributed by atoms with Crippen LogP contribution in [0.15, 0.2) is 0 Å². The molecule has 2 fully saturated rings. The average Bonchev–Trinajstić information content (AvgIpc) is 2.87. The van der Waals surface area contributed by atoms with Gasteiger partial charge in [-0.25, -0.2) is 0 Å². The van der Waals surface area contributed by atoms with Gasteiger partial charge in [-0.1, -0.05) is 6.92 Å². The molecule has 0 spiro atoms. The molecule has 0 radical (unpaired) electrons. The van der Waals surface area contributed by atoms with Crippen molar-refractivity contribution in [1.82, 2.24) is 4.90 Å². The molecule has 0 aromatic rings. The minimum Gasteiger partial charge on any atom is -0.385 e. The molecule has 2 saturated heterocycles. The molecule has 0 bridgehead atoms. The summed E-state index contributed by atoms with van der Waals surface area (Å²) in [6, 6.07) is 0. The Bertz CT molecular complexity index is 269. The van der Waals surface area contributed by atoms with E-state index in [1.807, 2.05) is 11.8 Å². The smallest absolute Gasteiger partial charge is 0.222 e. The highest BCUT2D eigenvalue weighted by molar-refractivity contribution is 5.76. The van der Waals surface area contributed by atoms with Crippen molar-refractivity contribution in [2.24, 2.45) is 11.8 Å². The molecule has 0 aromatic carbocycles. The summed E-state index contributed by atoms with van der Waals surface area (Å²) in [7, 11) is 1.74. The number of hydrogen-bond acceptors (Lipinski definition) is 3. The van der Waals surface area contributed by atoms with Crippen molar-refractivity contribution in [1.29, 1.82) is 0 Å². The lowest BCUT2D eigenvalue weighted by Gasteiger charge is -2.19. The van der Waals surface area contributed by atoms with Crippen molar-refractivity contribution in [3.63, 3.8) is 0 Å². The summed E-state index contributed by atoms with van der Waals surface area (Å²) in [5.74, 6) is 1.39. The summed E-state index contributed by atoms with van der Waals surface area (Å²) in [6.07, 6.45) is 2.92. The first kappa shape index (κ1) is 12.8. The third-order valence-electron chi connectivity index (χ3n) is 3.95. The Morgan fingerprint density at radius 2 is 2.29 bits per heavy atom. The van der Waals surface area contributed by atoms with Gasteiger partial charge in [0.15, 0.2) is 0 Å². The van der Waals surface area contributed by atoms with Crippen LogP contribution in [0.2, 0.25) is 0 Å². The van der Waals surface area contributed by atoms with Crippen LogP contribution >= 0.6 is 0 Å². The summed E-state index contributed by atoms with van der Waals surface area (Å²) in [6.45, 7) is 5.37. The molecular weight excluding hydrogens is 218 g/mol. The van der Waals surface area contributed by atoms with Crippen molar-refractivity contribution in [2.75, 3.05) is 33.4 Å². The van der Waals surface area contributed by atoms with E-state index in [4.69, 9.17) is 9.47 Å². The van der Waals surface area contributed by atoms with Gasteiger partial charge in [0.25, 0.3) is 0 Å². The predicted octanol–water partition coefficient (Wildman–Crippen LogP) is 1.30. The molecule has 2 aliphatic heterocycles. The second-order valence-corrected chi connectivity index (χ2v) is 5.13. The van der Waals surface area contributed by atoms with Gasteiger partial charge in [-0.2, -0.15) is 0 Å². The first-order valence-electron chi connectivity index (χ1n) is 6.64. The molecular formula is C13H23NO3. The van der Waals surface area contributed by atoms with E-state index >= 15 is 0 Å². The molecule has 0 aliphatic carbocycles. The third kappa shape index (κ3) is 2.80. The van der Waals surface area contributed by atoms with Crippen molar-refractivity contribution in [2.45, 2.75) is 32.3 Å². The number of ether oxygens (including phenoxy) is 2. The van der Waals surface area contributed by atoms with E-state index in [0.717, 1.165) is 39.1 Å². The summed E-state index contributed by atoms with van der Waals surface area (Å²) in [5, 5.41) is 0. The normalized spacial score (nSPS) is 31.9. The lowest BCUT2D eigenvalue weighted by Crippen LogP contribution is -2.31. The molecule has 3 atom stereocenters. The number of nitrogens with zero attached hydrogens (tertiary/aromatic N) is 1. The largest absolute Gasteiger partial charge is 0.385 e. The highest BCUT2D eigenvalue weighted by Gasteiger charge is 2.44. The van der Waals surface area contributed by atoms with E-state index < -0.39 is 0 Å². The average molecular weight is 241 g/mol. The number of likely N-dealkylation sites (tertiary alicyclic amines) is 1. The lowest BCUT2D eigenvalue weighted by atomic mass is 9.91. The van der Waals surface area contributed by atoms with E-state index in [-0.39, 0.29) is 12.0 Å². The molecule has 0 unspecified atom stereocenters. The van der Waals surface area contributed by atoms with Crippen LogP contribution in [0.25, 0.3) is 0 Å². The molecule has 2 aliphatic rings. The first-order chi connectivity index (χ1) is 8.26. The van der Waals surface area contributed by atoms with Crippen LogP contribution < -0.4 is 0 Å². The fraction of sp³-hybridized carbons (Fsp3) is 0.923. The van der Waals surface area contributed by atoms with Crippen LogP contribution in [0.4, 0.5) is 0 Å². The maximum atomic E-state index is 11.8. The molecule has 4 heteroatoms. The number of hydrogen-bond donors (Lipinski definition) is 0. The van der Waals surface area contributed by atoms with Crippen molar-refractivity contribution in [3.8, 4) is 0 Å². The maximum Gasteiger partial charge on any atom is 0.222 e. The van der Waals surface area contributed by atoms with Crippen LogP contribution in [-0.4, -0.2) is 50.3 Å². The zero-order chi connectivity index (χ0) is 12.3. The first-order valence-corrected chi connectivity index (χ1v) is 6.64. The van der Waals surface area contributed by atoms with Crippen LogP contribution in [0.3, 0.4) is 0 Å². The lowest BCUT2D eigenvalue weighted by molar-refractivity contribution is -0.131. The summed E-state index contributed by atoms with van der Waals surface area (Å²) in [4.78, 5) is 13.8. The van der Waals surface area contributed by atoms with Gasteiger partial charge in [0.2, 0.25) is 5.91 Å². The van der Waals surface area contributed by atoms with Crippen LogP contribution in [0, 0.1) is 11.8 Å². The summed E-state index contributed by atoms with van der Waals surface area (Å²) < 4.78 is 10.9. The van der Waals surface area contributed by atoms with E-state index in [1.54, 1.807) is 7.11 Å². The van der Waals surface area contributed by atoms with Gasteiger partial charge in [-0.05, 0) is 18.8 Å². The summed E-state index contributed by atoms with van der Waals surface area (Å²) in [5.41, 5.74) is 0. The van der Waals surface area contributed by atoms with Crippen molar-refractivity contribution < 1.29 is 14.3 Å². The van der Waals surface area contributed by atoms with E-state index in [1.165, 1.54) is 0 Å². The van der Waals surface area contributed by atoms with Gasteiger partial charge < -0.3 is 14.4 Å². The standard InChI is InChI=1S/C13H23NO3/c1-3-4-13(15)14-7-11-10(5-6-16-2)9-17-12(11)8-14/h10-12H,3-9H2,1-2H3/t10-,11-,12-/m0/s1. The van der Waals surface area contributed by atoms with Crippen LogP contribution in [0.1, 0.15) is 26.2 Å². The SMILES string of the molecule is CCCC(=O)N1C[C@H]2[C@@H](CCOC)CO[C@H]2C1. The number of fused-ring (bicyclic) bond motifs is 1. The van der Waals surface area contributed by atoms with Gasteiger partial charge in [-0.15, -0.1) is 0 Å². The number of methoxy groups -OCH3 is 1. The number of amides is 1. The van der Waals surface area contributed by atoms with Gasteiger partial charge >= 0.3 is 0 Å². The second kappa shape index (κ2) is 5.83. The van der Waals surface area contributed by atoms with Gasteiger partial charge in [-0.3, -0.25) is 4.79 Å². The van der Waals surface area contributed by atoms with Gasteiger partial charge in [0.1, 0.15) is 0 Å². The minimum absolute atomic E-state index is 0.276. The van der Waals surface area contributed by atoms with Gasteiger partial charge in [0.05, 0.1) is 12.7 Å². The van der Waals surface area contributed by atoms with Crippen molar-refractivity contribution in [3.05, 3.63) is 0 Å². The molecule has 2 heterocycles. The van der Waals surface area contributed by atoms with E-state index in [9.17, 15) is 4.79 Å².